The Balaban J connectivity index is 1.94. The highest BCUT2D eigenvalue weighted by atomic mass is 79.9. The number of anilines is 1. The SMILES string of the molecule is CC1=NN(c2cccc(Cl)c2)C(=O)/C1=C\c1ccc(Br)cc1. The highest BCUT2D eigenvalue weighted by Gasteiger charge is 2.28. The van der Waals surface area contributed by atoms with Crippen molar-refractivity contribution in [3.8, 4) is 0 Å². The summed E-state index contributed by atoms with van der Waals surface area (Å²) in [7, 11) is 0. The van der Waals surface area contributed by atoms with E-state index < -0.39 is 0 Å². The van der Waals surface area contributed by atoms with Gasteiger partial charge in [0.15, 0.2) is 0 Å². The van der Waals surface area contributed by atoms with E-state index >= 15 is 0 Å². The smallest absolute Gasteiger partial charge is 0.267 e. The molecule has 0 atom stereocenters. The molecule has 0 saturated carbocycles. The van der Waals surface area contributed by atoms with E-state index in [4.69, 9.17) is 11.6 Å². The lowest BCUT2D eigenvalue weighted by Gasteiger charge is -2.11. The molecule has 0 N–H and O–H groups in total. The third kappa shape index (κ3) is 2.98. The van der Waals surface area contributed by atoms with E-state index in [1.807, 2.05) is 43.3 Å². The van der Waals surface area contributed by atoms with Crippen LogP contribution in [0.4, 0.5) is 5.69 Å². The molecule has 0 saturated heterocycles. The molecule has 2 aromatic rings. The van der Waals surface area contributed by atoms with Gasteiger partial charge in [-0.1, -0.05) is 45.7 Å². The fourth-order valence-corrected chi connectivity index (χ4v) is 2.64. The lowest BCUT2D eigenvalue weighted by Crippen LogP contribution is -2.21. The normalized spacial score (nSPS) is 16.3. The molecule has 1 aliphatic rings. The molecule has 0 spiro atoms. The van der Waals surface area contributed by atoms with E-state index in [-0.39, 0.29) is 5.91 Å². The Hall–Kier alpha value is -1.91. The fraction of sp³-hybridized carbons (Fsp3) is 0.0588. The predicted octanol–water partition coefficient (Wildman–Crippen LogP) is 4.91. The van der Waals surface area contributed by atoms with E-state index in [0.717, 1.165) is 10.0 Å². The first kappa shape index (κ1) is 15.0. The Morgan fingerprint density at radius 3 is 2.59 bits per heavy atom. The minimum atomic E-state index is -0.150. The quantitative estimate of drug-likeness (QED) is 0.687. The van der Waals surface area contributed by atoms with Crippen molar-refractivity contribution < 1.29 is 4.79 Å². The number of halogens is 2. The Kier molecular flexibility index (Phi) is 4.14. The van der Waals surface area contributed by atoms with Gasteiger partial charge in [0, 0.05) is 9.50 Å². The summed E-state index contributed by atoms with van der Waals surface area (Å²) in [5, 5.41) is 6.29. The zero-order chi connectivity index (χ0) is 15.7. The molecule has 1 heterocycles. The molecule has 0 aromatic heterocycles. The molecule has 0 unspecified atom stereocenters. The molecule has 2 aromatic carbocycles. The summed E-state index contributed by atoms with van der Waals surface area (Å²) in [5.41, 5.74) is 2.89. The van der Waals surface area contributed by atoms with Gasteiger partial charge in [0.05, 0.1) is 17.0 Å². The topological polar surface area (TPSA) is 32.7 Å². The number of benzene rings is 2. The standard InChI is InChI=1S/C17H12BrClN2O/c1-11-16(9-12-5-7-13(18)8-6-12)17(22)21(20-11)15-4-2-3-14(19)10-15/h2-10H,1H3/b16-9-. The van der Waals surface area contributed by atoms with Crippen molar-refractivity contribution in [2.45, 2.75) is 6.92 Å². The van der Waals surface area contributed by atoms with E-state index in [1.165, 1.54) is 5.01 Å². The third-order valence-corrected chi connectivity index (χ3v) is 4.06. The van der Waals surface area contributed by atoms with Gasteiger partial charge >= 0.3 is 0 Å². The zero-order valence-corrected chi connectivity index (χ0v) is 14.1. The summed E-state index contributed by atoms with van der Waals surface area (Å²) in [4.78, 5) is 12.6. The highest BCUT2D eigenvalue weighted by Crippen LogP contribution is 2.27. The van der Waals surface area contributed by atoms with E-state index in [0.29, 0.717) is 22.0 Å². The van der Waals surface area contributed by atoms with Crippen LogP contribution in [0.2, 0.25) is 5.02 Å². The van der Waals surface area contributed by atoms with Crippen molar-refractivity contribution in [2.75, 3.05) is 5.01 Å². The van der Waals surface area contributed by atoms with Crippen molar-refractivity contribution >= 4 is 50.9 Å². The third-order valence-electron chi connectivity index (χ3n) is 3.30. The molecule has 1 aliphatic heterocycles. The molecule has 3 nitrogen and oxygen atoms in total. The number of hydrogen-bond donors (Lipinski definition) is 0. The average Bonchev–Trinajstić information content (AvgIpc) is 2.77. The van der Waals surface area contributed by atoms with Crippen molar-refractivity contribution in [2.24, 2.45) is 5.10 Å². The second kappa shape index (κ2) is 6.07. The maximum absolute atomic E-state index is 12.6. The van der Waals surface area contributed by atoms with Gasteiger partial charge in [-0.25, -0.2) is 0 Å². The van der Waals surface area contributed by atoms with Crippen LogP contribution in [0.25, 0.3) is 6.08 Å². The molecular weight excluding hydrogens is 364 g/mol. The number of carbonyl (C=O) groups is 1. The lowest BCUT2D eigenvalue weighted by molar-refractivity contribution is -0.114. The number of hydrazone groups is 1. The fourth-order valence-electron chi connectivity index (χ4n) is 2.19. The van der Waals surface area contributed by atoms with Crippen molar-refractivity contribution in [3.05, 3.63) is 69.2 Å². The van der Waals surface area contributed by atoms with Crippen LogP contribution in [0, 0.1) is 0 Å². The number of rotatable bonds is 2. The van der Waals surface area contributed by atoms with Crippen LogP contribution in [0.5, 0.6) is 0 Å². The number of carbonyl (C=O) groups excluding carboxylic acids is 1. The van der Waals surface area contributed by atoms with Crippen molar-refractivity contribution in [1.29, 1.82) is 0 Å². The van der Waals surface area contributed by atoms with Gasteiger partial charge in [-0.15, -0.1) is 0 Å². The van der Waals surface area contributed by atoms with Crippen LogP contribution in [0.3, 0.4) is 0 Å². The number of amides is 1. The number of hydrogen-bond acceptors (Lipinski definition) is 2. The van der Waals surface area contributed by atoms with Gasteiger partial charge in [-0.3, -0.25) is 4.79 Å². The van der Waals surface area contributed by atoms with Gasteiger partial charge in [-0.2, -0.15) is 10.1 Å². The summed E-state index contributed by atoms with van der Waals surface area (Å²) >= 11 is 9.38. The number of nitrogens with zero attached hydrogens (tertiary/aromatic N) is 2. The monoisotopic (exact) mass is 374 g/mol. The zero-order valence-electron chi connectivity index (χ0n) is 11.8. The summed E-state index contributed by atoms with van der Waals surface area (Å²) < 4.78 is 0.998. The van der Waals surface area contributed by atoms with Crippen LogP contribution >= 0.6 is 27.5 Å². The maximum Gasteiger partial charge on any atom is 0.280 e. The summed E-state index contributed by atoms with van der Waals surface area (Å²) in [6.45, 7) is 1.83. The molecule has 5 heteroatoms. The minimum Gasteiger partial charge on any atom is -0.267 e. The summed E-state index contributed by atoms with van der Waals surface area (Å²) in [6.07, 6.45) is 1.85. The molecule has 3 rings (SSSR count). The van der Waals surface area contributed by atoms with Crippen LogP contribution in [-0.4, -0.2) is 11.6 Å². The van der Waals surface area contributed by atoms with Crippen LogP contribution in [-0.2, 0) is 4.79 Å². The van der Waals surface area contributed by atoms with Crippen LogP contribution in [0.15, 0.2) is 63.7 Å². The second-order valence-corrected chi connectivity index (χ2v) is 6.24. The maximum atomic E-state index is 12.6. The molecule has 0 bridgehead atoms. The van der Waals surface area contributed by atoms with E-state index in [1.54, 1.807) is 18.2 Å². The Labute approximate surface area is 142 Å². The average molecular weight is 376 g/mol. The van der Waals surface area contributed by atoms with Crippen molar-refractivity contribution in [3.63, 3.8) is 0 Å². The summed E-state index contributed by atoms with van der Waals surface area (Å²) in [6, 6.07) is 14.9. The second-order valence-electron chi connectivity index (χ2n) is 4.89. The lowest BCUT2D eigenvalue weighted by atomic mass is 10.1. The molecule has 1 amide bonds. The first-order valence-corrected chi connectivity index (χ1v) is 7.84. The molecular formula is C17H12BrClN2O. The minimum absolute atomic E-state index is 0.150. The first-order chi connectivity index (χ1) is 10.5. The van der Waals surface area contributed by atoms with Gasteiger partial charge in [-0.05, 0) is 48.9 Å². The molecule has 0 aliphatic carbocycles. The Bertz CT molecular complexity index is 797. The largest absolute Gasteiger partial charge is 0.280 e. The van der Waals surface area contributed by atoms with Crippen molar-refractivity contribution in [1.82, 2.24) is 0 Å². The molecule has 0 fully saturated rings. The van der Waals surface area contributed by atoms with E-state index in [9.17, 15) is 4.79 Å². The summed E-state index contributed by atoms with van der Waals surface area (Å²) in [5.74, 6) is -0.150. The molecule has 0 radical (unpaired) electrons. The Morgan fingerprint density at radius 2 is 1.91 bits per heavy atom. The van der Waals surface area contributed by atoms with Gasteiger partial charge in [0.1, 0.15) is 0 Å². The Morgan fingerprint density at radius 1 is 1.18 bits per heavy atom. The van der Waals surface area contributed by atoms with E-state index in [2.05, 4.69) is 21.0 Å². The van der Waals surface area contributed by atoms with Crippen LogP contribution in [0.1, 0.15) is 12.5 Å². The van der Waals surface area contributed by atoms with Gasteiger partial charge in [0.25, 0.3) is 5.91 Å². The molecule has 22 heavy (non-hydrogen) atoms. The molecule has 110 valence electrons. The van der Waals surface area contributed by atoms with Crippen LogP contribution < -0.4 is 5.01 Å². The first-order valence-electron chi connectivity index (χ1n) is 6.67. The predicted molar refractivity (Wildman–Crippen MR) is 94.2 cm³/mol. The highest BCUT2D eigenvalue weighted by molar-refractivity contribution is 9.10. The van der Waals surface area contributed by atoms with Gasteiger partial charge < -0.3 is 0 Å². The van der Waals surface area contributed by atoms with Gasteiger partial charge in [0.2, 0.25) is 0 Å².